The lowest BCUT2D eigenvalue weighted by Crippen LogP contribution is -2.05. The van der Waals surface area contributed by atoms with Gasteiger partial charge < -0.3 is 10.3 Å². The smallest absolute Gasteiger partial charge is 0.264 e. The van der Waals surface area contributed by atoms with Crippen molar-refractivity contribution < 1.29 is 0 Å². The molecule has 0 aliphatic rings. The fourth-order valence-electron chi connectivity index (χ4n) is 2.41. The van der Waals surface area contributed by atoms with Gasteiger partial charge in [-0.1, -0.05) is 24.3 Å². The van der Waals surface area contributed by atoms with Gasteiger partial charge >= 0.3 is 0 Å². The van der Waals surface area contributed by atoms with Gasteiger partial charge in [0.2, 0.25) is 5.95 Å². The predicted octanol–water partition coefficient (Wildman–Crippen LogP) is 3.06. The zero-order valence-corrected chi connectivity index (χ0v) is 12.1. The highest BCUT2D eigenvalue weighted by atomic mass is 16.1. The summed E-state index contributed by atoms with van der Waals surface area (Å²) in [5.41, 5.74) is 4.17. The Morgan fingerprint density at radius 2 is 1.87 bits per heavy atom. The minimum Gasteiger partial charge on any atom is -0.326 e. The molecule has 6 heteroatoms. The molecule has 0 saturated heterocycles. The Hall–Kier alpha value is -3.41. The van der Waals surface area contributed by atoms with Gasteiger partial charge in [0.1, 0.15) is 0 Å². The number of aromatic nitrogens is 4. The lowest BCUT2D eigenvalue weighted by atomic mass is 10.1. The van der Waals surface area contributed by atoms with Crippen LogP contribution in [0.2, 0.25) is 0 Å². The Morgan fingerprint density at radius 3 is 2.70 bits per heavy atom. The van der Waals surface area contributed by atoms with Crippen LogP contribution < -0.4 is 10.9 Å². The molecule has 0 unspecified atom stereocenters. The topological polar surface area (TPSA) is 86.5 Å². The van der Waals surface area contributed by atoms with E-state index in [1.54, 1.807) is 6.07 Å². The quantitative estimate of drug-likeness (QED) is 0.543. The highest BCUT2D eigenvalue weighted by Crippen LogP contribution is 2.23. The first kappa shape index (κ1) is 13.3. The van der Waals surface area contributed by atoms with E-state index < -0.39 is 0 Å². The third-order valence-corrected chi connectivity index (χ3v) is 3.49. The SMILES string of the molecule is O=c1ccc(-c2cccc(Nc3nc4ccccc4[nH]3)c2)n[nH]1. The number of nitrogens with one attached hydrogen (secondary N) is 3. The van der Waals surface area contributed by atoms with Crippen molar-refractivity contribution in [3.63, 3.8) is 0 Å². The third-order valence-electron chi connectivity index (χ3n) is 3.49. The molecule has 0 aliphatic carbocycles. The van der Waals surface area contributed by atoms with Crippen LogP contribution in [0.25, 0.3) is 22.3 Å². The Labute approximate surface area is 131 Å². The summed E-state index contributed by atoms with van der Waals surface area (Å²) >= 11 is 0. The molecule has 2 aromatic heterocycles. The standard InChI is InChI=1S/C17H13N5O/c23-16-9-8-13(21-22-16)11-4-3-5-12(10-11)18-17-19-14-6-1-2-7-15(14)20-17/h1-10H,(H,22,23)(H2,18,19,20). The number of benzene rings is 2. The minimum absolute atomic E-state index is 0.217. The van der Waals surface area contributed by atoms with Crippen LogP contribution >= 0.6 is 0 Å². The maximum Gasteiger partial charge on any atom is 0.264 e. The molecule has 0 spiro atoms. The molecule has 4 rings (SSSR count). The molecule has 2 heterocycles. The fourth-order valence-corrected chi connectivity index (χ4v) is 2.41. The summed E-state index contributed by atoms with van der Waals surface area (Å²) in [6.45, 7) is 0. The van der Waals surface area contributed by atoms with Gasteiger partial charge in [0.15, 0.2) is 0 Å². The lowest BCUT2D eigenvalue weighted by Gasteiger charge is -2.05. The highest BCUT2D eigenvalue weighted by molar-refractivity contribution is 5.78. The normalized spacial score (nSPS) is 10.8. The van der Waals surface area contributed by atoms with E-state index in [0.717, 1.165) is 22.3 Å². The molecule has 0 amide bonds. The molecule has 4 aromatic rings. The molecule has 0 bridgehead atoms. The fraction of sp³-hybridized carbons (Fsp3) is 0. The van der Waals surface area contributed by atoms with Gasteiger partial charge in [0.25, 0.3) is 5.56 Å². The van der Waals surface area contributed by atoms with Crippen LogP contribution in [0.4, 0.5) is 11.6 Å². The van der Waals surface area contributed by atoms with Crippen LogP contribution in [0.3, 0.4) is 0 Å². The van der Waals surface area contributed by atoms with E-state index in [-0.39, 0.29) is 5.56 Å². The molecule has 0 atom stereocenters. The molecule has 0 fully saturated rings. The predicted molar refractivity (Wildman–Crippen MR) is 89.7 cm³/mol. The van der Waals surface area contributed by atoms with Crippen LogP contribution in [0.1, 0.15) is 0 Å². The number of para-hydroxylation sites is 2. The number of fused-ring (bicyclic) bond motifs is 1. The number of hydrogen-bond acceptors (Lipinski definition) is 4. The molecule has 0 aliphatic heterocycles. The zero-order chi connectivity index (χ0) is 15.6. The van der Waals surface area contributed by atoms with Crippen molar-refractivity contribution in [2.75, 3.05) is 5.32 Å². The highest BCUT2D eigenvalue weighted by Gasteiger charge is 2.04. The van der Waals surface area contributed by atoms with E-state index in [2.05, 4.69) is 25.5 Å². The number of anilines is 2. The van der Waals surface area contributed by atoms with Crippen molar-refractivity contribution in [2.24, 2.45) is 0 Å². The largest absolute Gasteiger partial charge is 0.326 e. The number of rotatable bonds is 3. The molecule has 3 N–H and O–H groups in total. The Bertz CT molecular complexity index is 981. The van der Waals surface area contributed by atoms with E-state index >= 15 is 0 Å². The number of aromatic amines is 2. The minimum atomic E-state index is -0.217. The molecule has 0 saturated carbocycles. The second kappa shape index (κ2) is 5.42. The Kier molecular flexibility index (Phi) is 3.12. The first-order valence-electron chi connectivity index (χ1n) is 7.16. The van der Waals surface area contributed by atoms with E-state index in [4.69, 9.17) is 0 Å². The van der Waals surface area contributed by atoms with Crippen LogP contribution in [-0.4, -0.2) is 20.2 Å². The number of H-pyrrole nitrogens is 2. The molecular formula is C17H13N5O. The van der Waals surface area contributed by atoms with Gasteiger partial charge in [-0.2, -0.15) is 5.10 Å². The first-order valence-corrected chi connectivity index (χ1v) is 7.16. The summed E-state index contributed by atoms with van der Waals surface area (Å²) < 4.78 is 0. The van der Waals surface area contributed by atoms with Crippen molar-refractivity contribution in [1.29, 1.82) is 0 Å². The summed E-state index contributed by atoms with van der Waals surface area (Å²) in [7, 11) is 0. The summed E-state index contributed by atoms with van der Waals surface area (Å²) in [6.07, 6.45) is 0. The van der Waals surface area contributed by atoms with Gasteiger partial charge in [-0.25, -0.2) is 10.1 Å². The van der Waals surface area contributed by atoms with Crippen LogP contribution in [0, 0.1) is 0 Å². The molecule has 0 radical (unpaired) electrons. The Morgan fingerprint density at radius 1 is 0.957 bits per heavy atom. The number of nitrogens with zero attached hydrogens (tertiary/aromatic N) is 2. The molecule has 23 heavy (non-hydrogen) atoms. The molecule has 6 nitrogen and oxygen atoms in total. The summed E-state index contributed by atoms with van der Waals surface area (Å²) in [5, 5.41) is 9.73. The van der Waals surface area contributed by atoms with Crippen LogP contribution in [0.5, 0.6) is 0 Å². The van der Waals surface area contributed by atoms with Crippen molar-refractivity contribution in [3.8, 4) is 11.3 Å². The van der Waals surface area contributed by atoms with Crippen molar-refractivity contribution in [2.45, 2.75) is 0 Å². The summed E-state index contributed by atoms with van der Waals surface area (Å²) in [4.78, 5) is 18.8. The maximum atomic E-state index is 11.1. The first-order chi connectivity index (χ1) is 11.3. The van der Waals surface area contributed by atoms with Crippen molar-refractivity contribution >= 4 is 22.7 Å². The molecule has 2 aromatic carbocycles. The average molecular weight is 303 g/mol. The molecule has 112 valence electrons. The second-order valence-electron chi connectivity index (χ2n) is 5.11. The maximum absolute atomic E-state index is 11.1. The zero-order valence-electron chi connectivity index (χ0n) is 12.1. The van der Waals surface area contributed by atoms with E-state index in [1.165, 1.54) is 6.07 Å². The van der Waals surface area contributed by atoms with E-state index in [0.29, 0.717) is 11.6 Å². The van der Waals surface area contributed by atoms with Gasteiger partial charge in [-0.05, 0) is 30.3 Å². The van der Waals surface area contributed by atoms with E-state index in [9.17, 15) is 4.79 Å². The number of hydrogen-bond donors (Lipinski definition) is 3. The average Bonchev–Trinajstić information content (AvgIpc) is 2.98. The summed E-state index contributed by atoms with van der Waals surface area (Å²) in [6, 6.07) is 18.8. The van der Waals surface area contributed by atoms with Gasteiger partial charge in [0.05, 0.1) is 16.7 Å². The lowest BCUT2D eigenvalue weighted by molar-refractivity contribution is 0.995. The third kappa shape index (κ3) is 2.69. The number of imidazole rings is 1. The van der Waals surface area contributed by atoms with Crippen LogP contribution in [0.15, 0.2) is 65.5 Å². The van der Waals surface area contributed by atoms with E-state index in [1.807, 2.05) is 48.5 Å². The molecular weight excluding hydrogens is 290 g/mol. The summed E-state index contributed by atoms with van der Waals surface area (Å²) in [5.74, 6) is 0.678. The Balaban J connectivity index is 1.65. The second-order valence-corrected chi connectivity index (χ2v) is 5.11. The van der Waals surface area contributed by atoms with Gasteiger partial charge in [-0.3, -0.25) is 4.79 Å². The van der Waals surface area contributed by atoms with Gasteiger partial charge in [0, 0.05) is 17.3 Å². The van der Waals surface area contributed by atoms with Crippen LogP contribution in [-0.2, 0) is 0 Å². The monoisotopic (exact) mass is 303 g/mol. The van der Waals surface area contributed by atoms with Gasteiger partial charge in [-0.15, -0.1) is 0 Å². The van der Waals surface area contributed by atoms with Crippen molar-refractivity contribution in [3.05, 3.63) is 71.0 Å². The van der Waals surface area contributed by atoms with Crippen molar-refractivity contribution in [1.82, 2.24) is 20.2 Å².